The van der Waals surface area contributed by atoms with Gasteiger partial charge >= 0.3 is 41.6 Å². The number of hydrogen-bond acceptors (Lipinski definition) is 6. The van der Waals surface area contributed by atoms with Gasteiger partial charge in [0.2, 0.25) is 10.0 Å². The van der Waals surface area contributed by atoms with Crippen molar-refractivity contribution in [2.45, 2.75) is 6.04 Å². The van der Waals surface area contributed by atoms with Crippen LogP contribution < -0.4 is 40.0 Å². The summed E-state index contributed by atoms with van der Waals surface area (Å²) in [6.45, 7) is -0.335. The third-order valence-corrected chi connectivity index (χ3v) is 4.39. The first-order valence-corrected chi connectivity index (χ1v) is 8.42. The third kappa shape index (κ3) is 4.47. The minimum atomic E-state index is -3.78. The number of carbonyl (C=O) groups excluding carboxylic acids is 3. The van der Waals surface area contributed by atoms with E-state index in [1.54, 1.807) is 18.2 Å². The molecule has 2 rings (SSSR count). The molecule has 0 spiro atoms. The second kappa shape index (κ2) is 7.97. The van der Waals surface area contributed by atoms with Crippen molar-refractivity contribution in [2.24, 2.45) is 0 Å². The fourth-order valence-corrected chi connectivity index (χ4v) is 2.93. The topological polar surface area (TPSA) is 127 Å². The van der Waals surface area contributed by atoms with Gasteiger partial charge in [-0.25, -0.2) is 27.2 Å². The number of nitrogens with one attached hydrogen (secondary N) is 1. The minimum Gasteiger partial charge on any atom is -0.548 e. The zero-order valence-corrected chi connectivity index (χ0v) is 15.9. The van der Waals surface area contributed by atoms with E-state index in [0.29, 0.717) is 9.21 Å². The SMILES string of the molecule is CS(=O)(=O)N1CCN(C(=O)NC(C(=O)[O-])c2ccccc2)C1=O.[Na+]. The van der Waals surface area contributed by atoms with Gasteiger partial charge in [-0.2, -0.15) is 0 Å². The Hall–Kier alpha value is -1.62. The quantitative estimate of drug-likeness (QED) is 0.542. The monoisotopic (exact) mass is 363 g/mol. The number of rotatable bonds is 4. The molecule has 0 aromatic heterocycles. The molecule has 1 aromatic carbocycles. The van der Waals surface area contributed by atoms with E-state index in [1.165, 1.54) is 12.1 Å². The molecule has 4 amide bonds. The Morgan fingerprint density at radius 1 is 1.21 bits per heavy atom. The summed E-state index contributed by atoms with van der Waals surface area (Å²) in [5.41, 5.74) is 0.271. The second-order valence-corrected chi connectivity index (χ2v) is 6.79. The molecule has 0 bridgehead atoms. The first kappa shape index (κ1) is 20.4. The molecule has 0 saturated carbocycles. The number of nitrogens with zero attached hydrogens (tertiary/aromatic N) is 2. The van der Waals surface area contributed by atoms with Crippen LogP contribution in [-0.4, -0.2) is 55.0 Å². The molecule has 1 saturated heterocycles. The molecule has 1 aliphatic heterocycles. The maximum absolute atomic E-state index is 12.1. The largest absolute Gasteiger partial charge is 1.00 e. The molecule has 11 heteroatoms. The molecule has 1 atom stereocenters. The van der Waals surface area contributed by atoms with Gasteiger partial charge in [-0.05, 0) is 5.56 Å². The molecule has 1 aliphatic rings. The first-order chi connectivity index (χ1) is 10.7. The number of hydrogen-bond donors (Lipinski definition) is 1. The van der Waals surface area contributed by atoms with E-state index < -0.39 is 34.1 Å². The Kier molecular flexibility index (Phi) is 6.78. The van der Waals surface area contributed by atoms with Crippen LogP contribution in [0.2, 0.25) is 0 Å². The van der Waals surface area contributed by atoms with E-state index in [1.807, 2.05) is 0 Å². The maximum Gasteiger partial charge on any atom is 1.00 e. The predicted molar refractivity (Wildman–Crippen MR) is 76.4 cm³/mol. The molecule has 0 radical (unpaired) electrons. The third-order valence-electron chi connectivity index (χ3n) is 3.25. The number of aliphatic carboxylic acids is 1. The van der Waals surface area contributed by atoms with Crippen LogP contribution in [0.4, 0.5) is 9.59 Å². The van der Waals surface area contributed by atoms with Crippen LogP contribution >= 0.6 is 0 Å². The number of imide groups is 1. The van der Waals surface area contributed by atoms with Crippen LogP contribution in [0, 0.1) is 0 Å². The van der Waals surface area contributed by atoms with Gasteiger partial charge < -0.3 is 15.2 Å². The predicted octanol–water partition coefficient (Wildman–Crippen LogP) is -4.11. The summed E-state index contributed by atoms with van der Waals surface area (Å²) in [6.07, 6.45) is 0.847. The number of benzene rings is 1. The summed E-state index contributed by atoms with van der Waals surface area (Å²) >= 11 is 0. The minimum absolute atomic E-state index is 0. The molecular formula is C13H14N3NaO6S. The van der Waals surface area contributed by atoms with E-state index in [0.717, 1.165) is 6.26 Å². The van der Waals surface area contributed by atoms with E-state index in [-0.39, 0.29) is 48.2 Å². The number of carboxylic acid groups (broad SMARTS) is 1. The van der Waals surface area contributed by atoms with Crippen molar-refractivity contribution < 1.29 is 57.5 Å². The Morgan fingerprint density at radius 3 is 2.25 bits per heavy atom. The zero-order chi connectivity index (χ0) is 17.2. The van der Waals surface area contributed by atoms with Crippen molar-refractivity contribution in [3.8, 4) is 0 Å². The van der Waals surface area contributed by atoms with E-state index in [9.17, 15) is 27.9 Å². The molecule has 1 aromatic rings. The summed E-state index contributed by atoms with van der Waals surface area (Å²) in [7, 11) is -3.78. The van der Waals surface area contributed by atoms with Crippen molar-refractivity contribution in [1.29, 1.82) is 0 Å². The van der Waals surface area contributed by atoms with Gasteiger partial charge in [0.15, 0.2) is 0 Å². The maximum atomic E-state index is 12.1. The van der Waals surface area contributed by atoms with Crippen molar-refractivity contribution >= 4 is 28.1 Å². The van der Waals surface area contributed by atoms with E-state index in [2.05, 4.69) is 5.32 Å². The van der Waals surface area contributed by atoms with Crippen molar-refractivity contribution in [1.82, 2.24) is 14.5 Å². The van der Waals surface area contributed by atoms with Gasteiger partial charge in [-0.15, -0.1) is 0 Å². The molecule has 0 aliphatic carbocycles. The summed E-state index contributed by atoms with van der Waals surface area (Å²) in [5, 5.41) is 13.4. The van der Waals surface area contributed by atoms with Gasteiger partial charge in [-0.3, -0.25) is 0 Å². The second-order valence-electron chi connectivity index (χ2n) is 4.88. The average molecular weight is 363 g/mol. The number of urea groups is 2. The summed E-state index contributed by atoms with van der Waals surface area (Å²) in [6, 6.07) is 4.34. The first-order valence-electron chi connectivity index (χ1n) is 6.57. The number of sulfonamides is 1. The molecule has 1 fully saturated rings. The van der Waals surface area contributed by atoms with Gasteiger partial charge in [0, 0.05) is 0 Å². The van der Waals surface area contributed by atoms with Gasteiger partial charge in [0.25, 0.3) is 0 Å². The summed E-state index contributed by atoms with van der Waals surface area (Å²) in [5.74, 6) is -1.55. The fourth-order valence-electron chi connectivity index (χ4n) is 2.14. The molecule has 124 valence electrons. The van der Waals surface area contributed by atoms with Crippen LogP contribution in [0.25, 0.3) is 0 Å². The summed E-state index contributed by atoms with van der Waals surface area (Å²) < 4.78 is 23.4. The van der Waals surface area contributed by atoms with Crippen LogP contribution in [-0.2, 0) is 14.8 Å². The van der Waals surface area contributed by atoms with Crippen molar-refractivity contribution in [3.05, 3.63) is 35.9 Å². The number of amides is 4. The number of carboxylic acids is 1. The zero-order valence-electron chi connectivity index (χ0n) is 13.1. The molecule has 1 unspecified atom stereocenters. The van der Waals surface area contributed by atoms with Crippen LogP contribution in [0.3, 0.4) is 0 Å². The molecule has 9 nitrogen and oxygen atoms in total. The average Bonchev–Trinajstić information content (AvgIpc) is 2.87. The Morgan fingerprint density at radius 2 is 1.79 bits per heavy atom. The van der Waals surface area contributed by atoms with Gasteiger partial charge in [0.1, 0.15) is 0 Å². The smallest absolute Gasteiger partial charge is 0.548 e. The molecular weight excluding hydrogens is 349 g/mol. The van der Waals surface area contributed by atoms with Crippen molar-refractivity contribution in [3.63, 3.8) is 0 Å². The van der Waals surface area contributed by atoms with Gasteiger partial charge in [-0.1, -0.05) is 30.3 Å². The van der Waals surface area contributed by atoms with Crippen molar-refractivity contribution in [2.75, 3.05) is 19.3 Å². The van der Waals surface area contributed by atoms with Crippen LogP contribution in [0.1, 0.15) is 11.6 Å². The van der Waals surface area contributed by atoms with E-state index >= 15 is 0 Å². The Balaban J connectivity index is 0.00000288. The molecule has 1 heterocycles. The fraction of sp³-hybridized carbons (Fsp3) is 0.308. The Bertz CT molecular complexity index is 739. The Labute approximate surface area is 161 Å². The standard InChI is InChI=1S/C13H15N3O6S.Na/c1-23(21,22)16-8-7-15(13(16)20)12(19)14-10(11(17)18)9-5-3-2-4-6-9;/h2-6,10H,7-8H2,1H3,(H,14,19)(H,17,18);/q;+1/p-1. The number of carbonyl (C=O) groups is 3. The summed E-state index contributed by atoms with van der Waals surface area (Å²) in [4.78, 5) is 35.9. The van der Waals surface area contributed by atoms with E-state index in [4.69, 9.17) is 0 Å². The normalized spacial score (nSPS) is 15.6. The molecule has 1 N–H and O–H groups in total. The van der Waals surface area contributed by atoms with Gasteiger partial charge in [0.05, 0.1) is 31.4 Å². The van der Waals surface area contributed by atoms with Crippen LogP contribution in [0.15, 0.2) is 30.3 Å². The van der Waals surface area contributed by atoms with Crippen LogP contribution in [0.5, 0.6) is 0 Å². The molecule has 24 heavy (non-hydrogen) atoms.